The third kappa shape index (κ3) is 6.51. The minimum Gasteiger partial charge on any atom is -0.462 e. The Morgan fingerprint density at radius 2 is 1.64 bits per heavy atom. The quantitative estimate of drug-likeness (QED) is 0.236. The molecule has 1 rings (SSSR count). The third-order valence-electron chi connectivity index (χ3n) is 3.07. The van der Waals surface area contributed by atoms with Crippen LogP contribution in [0.4, 0.5) is 0 Å². The van der Waals surface area contributed by atoms with E-state index in [0.717, 1.165) is 11.6 Å². The van der Waals surface area contributed by atoms with Crippen LogP contribution in [0.1, 0.15) is 19.4 Å². The van der Waals surface area contributed by atoms with Crippen LogP contribution in [0.2, 0.25) is 0 Å². The minimum atomic E-state index is -0.908. The van der Waals surface area contributed by atoms with E-state index in [1.165, 1.54) is 4.90 Å². The number of amides is 1. The van der Waals surface area contributed by atoms with Gasteiger partial charge in [-0.3, -0.25) is 4.79 Å². The first kappa shape index (κ1) is 20.0. The third-order valence-corrected chi connectivity index (χ3v) is 3.07. The van der Waals surface area contributed by atoms with Gasteiger partial charge in [-0.25, -0.2) is 9.59 Å². The van der Waals surface area contributed by atoms with Gasteiger partial charge in [0.15, 0.2) is 0 Å². The van der Waals surface area contributed by atoms with Crippen molar-refractivity contribution in [3.63, 3.8) is 0 Å². The number of ether oxygens (including phenoxy) is 2. The molecule has 0 bridgehead atoms. The molecule has 0 aliphatic heterocycles. The van der Waals surface area contributed by atoms with E-state index in [4.69, 9.17) is 15.9 Å². The highest BCUT2D eigenvalue weighted by molar-refractivity contribution is 6.17. The number of esters is 2. The first-order chi connectivity index (χ1) is 12.0. The molecular formula is C19H21NO5. The van der Waals surface area contributed by atoms with Gasteiger partial charge in [0, 0.05) is 12.6 Å². The van der Waals surface area contributed by atoms with Crippen LogP contribution >= 0.6 is 0 Å². The van der Waals surface area contributed by atoms with Crippen molar-refractivity contribution in [2.24, 2.45) is 0 Å². The molecule has 0 fully saturated rings. The Labute approximate surface area is 147 Å². The molecule has 0 spiro atoms. The standard InChI is InChI=1S/C19H21NO5/c1-4-12-20(14-15-10-8-7-9-11-15)17(21)13-16(18(22)24-5-2)19(23)25-6-3/h1,7-11,13H,5-6,12,14H2,2-3H3. The molecule has 1 amide bonds. The predicted molar refractivity (Wildman–Crippen MR) is 92.0 cm³/mol. The smallest absolute Gasteiger partial charge is 0.345 e. The maximum atomic E-state index is 12.5. The van der Waals surface area contributed by atoms with E-state index in [9.17, 15) is 14.4 Å². The van der Waals surface area contributed by atoms with Gasteiger partial charge in [-0.1, -0.05) is 36.3 Å². The van der Waals surface area contributed by atoms with Crippen molar-refractivity contribution >= 4 is 17.8 Å². The van der Waals surface area contributed by atoms with Gasteiger partial charge >= 0.3 is 11.9 Å². The van der Waals surface area contributed by atoms with Crippen LogP contribution in [0, 0.1) is 12.3 Å². The molecule has 0 aliphatic rings. The zero-order valence-corrected chi connectivity index (χ0v) is 14.4. The Hall–Kier alpha value is -3.07. The number of rotatable bonds is 8. The van der Waals surface area contributed by atoms with Gasteiger partial charge in [-0.2, -0.15) is 0 Å². The maximum absolute atomic E-state index is 12.5. The van der Waals surface area contributed by atoms with Crippen LogP contribution in [0.5, 0.6) is 0 Å². The molecule has 6 nitrogen and oxygen atoms in total. The molecule has 0 saturated heterocycles. The lowest BCUT2D eigenvalue weighted by atomic mass is 10.2. The Morgan fingerprint density at radius 1 is 1.08 bits per heavy atom. The SMILES string of the molecule is C#CCN(Cc1ccccc1)C(=O)C=C(C(=O)OCC)C(=O)OCC. The highest BCUT2D eigenvalue weighted by Gasteiger charge is 2.24. The monoisotopic (exact) mass is 343 g/mol. The number of carbonyl (C=O) groups is 3. The Balaban J connectivity index is 3.05. The summed E-state index contributed by atoms with van der Waals surface area (Å²) in [5.74, 6) is 0.00764. The lowest BCUT2D eigenvalue weighted by Crippen LogP contribution is -2.31. The van der Waals surface area contributed by atoms with Gasteiger partial charge in [0.2, 0.25) is 5.91 Å². The molecule has 0 saturated carbocycles. The Morgan fingerprint density at radius 3 is 2.12 bits per heavy atom. The molecule has 25 heavy (non-hydrogen) atoms. The fourth-order valence-electron chi connectivity index (χ4n) is 1.96. The molecule has 0 N–H and O–H groups in total. The average Bonchev–Trinajstić information content (AvgIpc) is 2.60. The number of hydrogen-bond acceptors (Lipinski definition) is 5. The highest BCUT2D eigenvalue weighted by atomic mass is 16.6. The summed E-state index contributed by atoms with van der Waals surface area (Å²) in [5.41, 5.74) is 0.414. The first-order valence-corrected chi connectivity index (χ1v) is 7.85. The van der Waals surface area contributed by atoms with Crippen molar-refractivity contribution in [2.75, 3.05) is 19.8 Å². The lowest BCUT2D eigenvalue weighted by molar-refractivity contribution is -0.147. The lowest BCUT2D eigenvalue weighted by Gasteiger charge is -2.19. The van der Waals surface area contributed by atoms with Crippen molar-refractivity contribution in [2.45, 2.75) is 20.4 Å². The summed E-state index contributed by atoms with van der Waals surface area (Å²) in [4.78, 5) is 37.7. The second-order valence-corrected chi connectivity index (χ2v) is 4.88. The van der Waals surface area contributed by atoms with Crippen LogP contribution in [-0.2, 0) is 30.4 Å². The molecule has 0 unspecified atom stereocenters. The second kappa shape index (κ2) is 10.7. The van der Waals surface area contributed by atoms with Gasteiger partial charge in [-0.05, 0) is 19.4 Å². The molecule has 132 valence electrons. The van der Waals surface area contributed by atoms with Crippen LogP contribution in [0.15, 0.2) is 42.0 Å². The van der Waals surface area contributed by atoms with Crippen LogP contribution in [0.3, 0.4) is 0 Å². The van der Waals surface area contributed by atoms with Crippen molar-refractivity contribution in [3.05, 3.63) is 47.5 Å². The van der Waals surface area contributed by atoms with E-state index >= 15 is 0 Å². The Kier molecular flexibility index (Phi) is 8.52. The number of hydrogen-bond donors (Lipinski definition) is 0. The molecule has 0 aliphatic carbocycles. The number of nitrogens with zero attached hydrogens (tertiary/aromatic N) is 1. The first-order valence-electron chi connectivity index (χ1n) is 7.85. The summed E-state index contributed by atoms with van der Waals surface area (Å²) >= 11 is 0. The number of carbonyl (C=O) groups excluding carboxylic acids is 3. The summed E-state index contributed by atoms with van der Waals surface area (Å²) in [6.45, 7) is 3.62. The highest BCUT2D eigenvalue weighted by Crippen LogP contribution is 2.08. The molecular weight excluding hydrogens is 322 g/mol. The average molecular weight is 343 g/mol. The Bertz CT molecular complexity index is 653. The number of terminal acetylenes is 1. The summed E-state index contributed by atoms with van der Waals surface area (Å²) in [6, 6.07) is 9.23. The summed E-state index contributed by atoms with van der Waals surface area (Å²) < 4.78 is 9.62. The largest absolute Gasteiger partial charge is 0.462 e. The molecule has 0 aromatic heterocycles. The molecule has 1 aromatic rings. The normalized spacial score (nSPS) is 9.48. The maximum Gasteiger partial charge on any atom is 0.345 e. The van der Waals surface area contributed by atoms with Gasteiger partial charge in [0.1, 0.15) is 5.57 Å². The van der Waals surface area contributed by atoms with Gasteiger partial charge < -0.3 is 14.4 Å². The van der Waals surface area contributed by atoms with E-state index < -0.39 is 23.4 Å². The van der Waals surface area contributed by atoms with Crippen molar-refractivity contribution in [3.8, 4) is 12.3 Å². The van der Waals surface area contributed by atoms with Crippen LogP contribution in [0.25, 0.3) is 0 Å². The van der Waals surface area contributed by atoms with Crippen LogP contribution < -0.4 is 0 Å². The van der Waals surface area contributed by atoms with Crippen LogP contribution in [-0.4, -0.2) is 42.5 Å². The van der Waals surface area contributed by atoms with E-state index in [-0.39, 0.29) is 26.3 Å². The zero-order valence-electron chi connectivity index (χ0n) is 14.4. The molecule has 0 atom stereocenters. The topological polar surface area (TPSA) is 72.9 Å². The minimum absolute atomic E-state index is 0.0309. The van der Waals surface area contributed by atoms with Gasteiger partial charge in [-0.15, -0.1) is 6.42 Å². The van der Waals surface area contributed by atoms with E-state index in [1.807, 2.05) is 30.3 Å². The summed E-state index contributed by atoms with van der Waals surface area (Å²) in [6.07, 6.45) is 6.23. The molecule has 1 aromatic carbocycles. The summed E-state index contributed by atoms with van der Waals surface area (Å²) in [7, 11) is 0. The number of benzene rings is 1. The van der Waals surface area contributed by atoms with Crippen molar-refractivity contribution < 1.29 is 23.9 Å². The summed E-state index contributed by atoms with van der Waals surface area (Å²) in [5, 5.41) is 0. The van der Waals surface area contributed by atoms with Gasteiger partial charge in [0.05, 0.1) is 19.8 Å². The second-order valence-electron chi connectivity index (χ2n) is 4.88. The predicted octanol–water partition coefficient (Wildman–Crippen LogP) is 1.70. The molecule has 0 heterocycles. The zero-order chi connectivity index (χ0) is 18.7. The van der Waals surface area contributed by atoms with Gasteiger partial charge in [0.25, 0.3) is 0 Å². The van der Waals surface area contributed by atoms with Crippen molar-refractivity contribution in [1.82, 2.24) is 4.90 Å². The fourth-order valence-corrected chi connectivity index (χ4v) is 1.96. The molecule has 6 heteroatoms. The van der Waals surface area contributed by atoms with E-state index in [2.05, 4.69) is 5.92 Å². The van der Waals surface area contributed by atoms with E-state index in [0.29, 0.717) is 0 Å². The van der Waals surface area contributed by atoms with E-state index in [1.54, 1.807) is 13.8 Å². The molecule has 0 radical (unpaired) electrons. The van der Waals surface area contributed by atoms with Crippen molar-refractivity contribution in [1.29, 1.82) is 0 Å². The fraction of sp³-hybridized carbons (Fsp3) is 0.316.